The van der Waals surface area contributed by atoms with Crippen molar-refractivity contribution in [2.45, 2.75) is 37.4 Å². The minimum atomic E-state index is -1.24. The van der Waals surface area contributed by atoms with Gasteiger partial charge in [0, 0.05) is 11.4 Å². The summed E-state index contributed by atoms with van der Waals surface area (Å²) in [6.07, 6.45) is -4.94. The molecule has 8 N–H and O–H groups in total. The van der Waals surface area contributed by atoms with E-state index in [4.69, 9.17) is 21.3 Å². The quantitative estimate of drug-likeness (QED) is 0.352. The molecule has 1 aliphatic heterocycles. The lowest BCUT2D eigenvalue weighted by Gasteiger charge is -2.38. The molecule has 0 spiro atoms. The summed E-state index contributed by atoms with van der Waals surface area (Å²) in [6.45, 7) is 1.21. The van der Waals surface area contributed by atoms with Gasteiger partial charge in [0.2, 0.25) is 0 Å². The third-order valence-electron chi connectivity index (χ3n) is 3.07. The smallest absolute Gasteiger partial charge is 0.111 e. The van der Waals surface area contributed by atoms with Gasteiger partial charge in [-0.05, 0) is 31.2 Å². The number of aliphatic hydroxyl groups excluding tert-OH is 4. The van der Waals surface area contributed by atoms with E-state index in [1.807, 2.05) is 0 Å². The highest BCUT2D eigenvalue weighted by atomic mass is 16.5. The molecule has 5 unspecified atom stereocenters. The van der Waals surface area contributed by atoms with Gasteiger partial charge in [-0.2, -0.15) is 0 Å². The van der Waals surface area contributed by atoms with Gasteiger partial charge in [-0.15, -0.1) is 0 Å². The first-order valence-corrected chi connectivity index (χ1v) is 6.28. The monoisotopic (exact) mass is 286 g/mol. The number of ether oxygens (including phenoxy) is 1. The normalized spacial score (nSPS) is 33.1. The van der Waals surface area contributed by atoms with Crippen molar-refractivity contribution in [2.75, 3.05) is 18.1 Å². The summed E-state index contributed by atoms with van der Waals surface area (Å²) < 4.78 is 5.02. The highest BCUT2D eigenvalue weighted by Crippen LogP contribution is 2.20. The summed E-state index contributed by atoms with van der Waals surface area (Å²) in [7, 11) is 0. The third-order valence-corrected chi connectivity index (χ3v) is 3.07. The molecule has 1 fully saturated rings. The van der Waals surface area contributed by atoms with Crippen molar-refractivity contribution in [3.8, 4) is 0 Å². The van der Waals surface area contributed by atoms with Gasteiger partial charge in [0.15, 0.2) is 0 Å². The van der Waals surface area contributed by atoms with Gasteiger partial charge in [-0.1, -0.05) is 0 Å². The van der Waals surface area contributed by atoms with Gasteiger partial charge in [0.1, 0.15) is 24.4 Å². The lowest BCUT2D eigenvalue weighted by molar-refractivity contribution is -0.224. The number of nitrogens with two attached hydrogens (primary N) is 2. The summed E-state index contributed by atoms with van der Waals surface area (Å²) in [6, 6.07) is 7.09. The maximum Gasteiger partial charge on any atom is 0.111 e. The van der Waals surface area contributed by atoms with Crippen LogP contribution < -0.4 is 11.5 Å². The molecule has 20 heavy (non-hydrogen) atoms. The van der Waals surface area contributed by atoms with Crippen molar-refractivity contribution in [3.05, 3.63) is 24.3 Å². The Morgan fingerprint density at radius 1 is 0.950 bits per heavy atom. The fourth-order valence-corrected chi connectivity index (χ4v) is 1.78. The standard InChI is InChI=1S/C7H14O5.C6H8N2/c1-3-5(9)7(11)6(10)4(2-8)12-3;7-5-1-2-6(8)4-3-5/h3-11H,2H2,1H3;1-4H,7-8H2. The van der Waals surface area contributed by atoms with E-state index < -0.39 is 30.5 Å². The van der Waals surface area contributed by atoms with E-state index in [2.05, 4.69) is 0 Å². The van der Waals surface area contributed by atoms with Crippen LogP contribution in [0.15, 0.2) is 24.3 Å². The highest BCUT2D eigenvalue weighted by molar-refractivity contribution is 5.47. The largest absolute Gasteiger partial charge is 0.399 e. The summed E-state index contributed by atoms with van der Waals surface area (Å²) in [5.41, 5.74) is 12.2. The third kappa shape index (κ3) is 4.32. The molecule has 0 radical (unpaired) electrons. The average Bonchev–Trinajstić information content (AvgIpc) is 2.44. The molecule has 1 aromatic carbocycles. The van der Waals surface area contributed by atoms with Crippen molar-refractivity contribution in [1.82, 2.24) is 0 Å². The van der Waals surface area contributed by atoms with Crippen molar-refractivity contribution < 1.29 is 25.2 Å². The van der Waals surface area contributed by atoms with Crippen LogP contribution in [0.4, 0.5) is 11.4 Å². The molecular weight excluding hydrogens is 264 g/mol. The van der Waals surface area contributed by atoms with E-state index in [1.54, 1.807) is 31.2 Å². The number of nitrogen functional groups attached to an aromatic ring is 2. The predicted octanol–water partition coefficient (Wildman–Crippen LogP) is -1.30. The minimum Gasteiger partial charge on any atom is -0.399 e. The van der Waals surface area contributed by atoms with Crippen LogP contribution in [0.25, 0.3) is 0 Å². The Kier molecular flexibility index (Phi) is 6.18. The Morgan fingerprint density at radius 3 is 1.80 bits per heavy atom. The summed E-state index contributed by atoms with van der Waals surface area (Å²) in [5, 5.41) is 36.4. The van der Waals surface area contributed by atoms with E-state index in [0.29, 0.717) is 0 Å². The predicted molar refractivity (Wildman–Crippen MR) is 74.7 cm³/mol. The molecule has 7 heteroatoms. The molecule has 1 aromatic rings. The number of anilines is 2. The zero-order chi connectivity index (χ0) is 15.3. The molecule has 114 valence electrons. The van der Waals surface area contributed by atoms with Crippen LogP contribution in [0.5, 0.6) is 0 Å². The summed E-state index contributed by atoms with van der Waals surface area (Å²) in [4.78, 5) is 0. The Balaban J connectivity index is 0.000000217. The number of hydrogen-bond acceptors (Lipinski definition) is 7. The lowest BCUT2D eigenvalue weighted by atomic mass is 9.96. The molecule has 1 saturated heterocycles. The van der Waals surface area contributed by atoms with Crippen LogP contribution in [-0.4, -0.2) is 57.6 Å². The fraction of sp³-hybridized carbons (Fsp3) is 0.538. The molecule has 2 rings (SSSR count). The first kappa shape index (κ1) is 16.7. The van der Waals surface area contributed by atoms with Crippen LogP contribution in [0.3, 0.4) is 0 Å². The highest BCUT2D eigenvalue weighted by Gasteiger charge is 2.41. The van der Waals surface area contributed by atoms with E-state index in [9.17, 15) is 15.3 Å². The summed E-state index contributed by atoms with van der Waals surface area (Å²) in [5.74, 6) is 0. The van der Waals surface area contributed by atoms with Crippen LogP contribution in [-0.2, 0) is 4.74 Å². The topological polar surface area (TPSA) is 142 Å². The fourth-order valence-electron chi connectivity index (χ4n) is 1.78. The zero-order valence-electron chi connectivity index (χ0n) is 11.3. The number of aliphatic hydroxyl groups is 4. The van der Waals surface area contributed by atoms with Crippen LogP contribution >= 0.6 is 0 Å². The number of rotatable bonds is 1. The molecule has 0 aromatic heterocycles. The van der Waals surface area contributed by atoms with E-state index in [1.165, 1.54) is 0 Å². The van der Waals surface area contributed by atoms with Gasteiger partial charge in [0.25, 0.3) is 0 Å². The van der Waals surface area contributed by atoms with Crippen molar-refractivity contribution in [1.29, 1.82) is 0 Å². The molecule has 7 nitrogen and oxygen atoms in total. The maximum atomic E-state index is 9.23. The number of benzene rings is 1. The molecule has 1 aliphatic rings. The lowest BCUT2D eigenvalue weighted by Crippen LogP contribution is -2.57. The Bertz CT molecular complexity index is 374. The molecule has 1 heterocycles. The van der Waals surface area contributed by atoms with Crippen LogP contribution in [0.2, 0.25) is 0 Å². The SMILES string of the molecule is CC1OC(CO)C(O)C(O)C1O.Nc1ccc(N)cc1. The number of hydrogen-bond donors (Lipinski definition) is 6. The second-order valence-corrected chi connectivity index (χ2v) is 4.70. The molecule has 5 atom stereocenters. The molecular formula is C13H22N2O5. The van der Waals surface area contributed by atoms with E-state index in [-0.39, 0.29) is 6.61 Å². The minimum absolute atomic E-state index is 0.366. The Hall–Kier alpha value is -1.38. The second-order valence-electron chi connectivity index (χ2n) is 4.70. The molecule has 0 amide bonds. The first-order chi connectivity index (χ1) is 9.36. The first-order valence-electron chi connectivity index (χ1n) is 6.28. The van der Waals surface area contributed by atoms with Crippen molar-refractivity contribution in [2.24, 2.45) is 0 Å². The van der Waals surface area contributed by atoms with Crippen molar-refractivity contribution >= 4 is 11.4 Å². The van der Waals surface area contributed by atoms with E-state index in [0.717, 1.165) is 11.4 Å². The van der Waals surface area contributed by atoms with Gasteiger partial charge in [-0.25, -0.2) is 0 Å². The van der Waals surface area contributed by atoms with Crippen LogP contribution in [0.1, 0.15) is 6.92 Å². The second kappa shape index (κ2) is 7.41. The maximum absolute atomic E-state index is 9.23. The van der Waals surface area contributed by atoms with Crippen LogP contribution in [0, 0.1) is 0 Å². The molecule has 0 saturated carbocycles. The van der Waals surface area contributed by atoms with Gasteiger partial charge in [0.05, 0.1) is 12.7 Å². The van der Waals surface area contributed by atoms with Gasteiger partial charge < -0.3 is 36.6 Å². The van der Waals surface area contributed by atoms with E-state index >= 15 is 0 Å². The Morgan fingerprint density at radius 2 is 1.40 bits per heavy atom. The molecule has 0 aliphatic carbocycles. The average molecular weight is 286 g/mol. The van der Waals surface area contributed by atoms with Crippen molar-refractivity contribution in [3.63, 3.8) is 0 Å². The molecule has 0 bridgehead atoms. The van der Waals surface area contributed by atoms with Gasteiger partial charge in [-0.3, -0.25) is 0 Å². The van der Waals surface area contributed by atoms with Gasteiger partial charge >= 0.3 is 0 Å². The Labute approximate surface area is 117 Å². The zero-order valence-corrected chi connectivity index (χ0v) is 11.3. The summed E-state index contributed by atoms with van der Waals surface area (Å²) >= 11 is 0.